The third-order valence-corrected chi connectivity index (χ3v) is 4.31. The Hall–Kier alpha value is -1.95. The lowest BCUT2D eigenvalue weighted by Crippen LogP contribution is -2.09. The second kappa shape index (κ2) is 7.35. The molecule has 0 spiro atoms. The summed E-state index contributed by atoms with van der Waals surface area (Å²) in [5.41, 5.74) is 1.19. The fourth-order valence-corrected chi connectivity index (χ4v) is 3.11. The highest BCUT2D eigenvalue weighted by Gasteiger charge is 2.25. The molecule has 0 amide bonds. The Morgan fingerprint density at radius 2 is 2.00 bits per heavy atom. The summed E-state index contributed by atoms with van der Waals surface area (Å²) in [6.45, 7) is 0. The predicted octanol–water partition coefficient (Wildman–Crippen LogP) is 3.54. The molecule has 120 valence electrons. The lowest BCUT2D eigenvalue weighted by Gasteiger charge is -2.22. The second-order valence-electron chi connectivity index (χ2n) is 5.86. The van der Waals surface area contributed by atoms with Crippen molar-refractivity contribution < 1.29 is 19.9 Å². The van der Waals surface area contributed by atoms with E-state index in [0.717, 1.165) is 31.2 Å². The van der Waals surface area contributed by atoms with Crippen molar-refractivity contribution in [2.75, 3.05) is 0 Å². The summed E-state index contributed by atoms with van der Waals surface area (Å²) in [5.74, 6) is -0.785. The molecule has 6 heteroatoms. The lowest BCUT2D eigenvalue weighted by atomic mass is 9.83. The van der Waals surface area contributed by atoms with Gasteiger partial charge in [0.1, 0.15) is 0 Å². The summed E-state index contributed by atoms with van der Waals surface area (Å²) < 4.78 is 0. The molecule has 1 aromatic carbocycles. The van der Waals surface area contributed by atoms with Crippen molar-refractivity contribution in [1.82, 2.24) is 0 Å². The highest BCUT2D eigenvalue weighted by molar-refractivity contribution is 5.66. The van der Waals surface area contributed by atoms with Crippen LogP contribution in [0.15, 0.2) is 18.2 Å². The van der Waals surface area contributed by atoms with Gasteiger partial charge in [-0.25, -0.2) is 0 Å². The number of carbonyl (C=O) groups is 1. The van der Waals surface area contributed by atoms with Crippen LogP contribution < -0.4 is 0 Å². The van der Waals surface area contributed by atoms with Crippen molar-refractivity contribution in [3.05, 3.63) is 39.4 Å². The van der Waals surface area contributed by atoms with Crippen LogP contribution in [0.1, 0.15) is 68.1 Å². The lowest BCUT2D eigenvalue weighted by molar-refractivity contribution is -0.385. The van der Waals surface area contributed by atoms with E-state index in [1.807, 2.05) is 0 Å². The maximum Gasteiger partial charge on any atom is 0.303 e. The Morgan fingerprint density at radius 3 is 2.59 bits per heavy atom. The van der Waals surface area contributed by atoms with Gasteiger partial charge in [0.2, 0.25) is 0 Å². The van der Waals surface area contributed by atoms with Gasteiger partial charge in [0.15, 0.2) is 0 Å². The van der Waals surface area contributed by atoms with Crippen molar-refractivity contribution in [2.24, 2.45) is 0 Å². The molecule has 0 bridgehead atoms. The van der Waals surface area contributed by atoms with Crippen LogP contribution in [-0.4, -0.2) is 21.1 Å². The van der Waals surface area contributed by atoms with Crippen molar-refractivity contribution in [2.45, 2.75) is 57.0 Å². The molecule has 6 nitrogen and oxygen atoms in total. The van der Waals surface area contributed by atoms with Crippen molar-refractivity contribution in [3.8, 4) is 0 Å². The van der Waals surface area contributed by atoms with Crippen LogP contribution in [0.4, 0.5) is 5.69 Å². The number of aliphatic hydroxyl groups excluding tert-OH is 1. The second-order valence-corrected chi connectivity index (χ2v) is 5.86. The molecule has 2 N–H and O–H groups in total. The molecule has 0 radical (unpaired) electrons. The first-order valence-electron chi connectivity index (χ1n) is 7.67. The molecule has 0 saturated heterocycles. The Morgan fingerprint density at radius 1 is 1.32 bits per heavy atom. The Bertz CT molecular complexity index is 551. The predicted molar refractivity (Wildman–Crippen MR) is 80.8 cm³/mol. The van der Waals surface area contributed by atoms with Crippen LogP contribution >= 0.6 is 0 Å². The molecule has 1 saturated carbocycles. The van der Waals surface area contributed by atoms with Gasteiger partial charge in [0, 0.05) is 18.1 Å². The molecule has 1 aliphatic rings. The SMILES string of the molecule is O=C(O)CCC(O)c1ccc(C2CCCCC2)c([N+](=O)[O-])c1. The first-order valence-corrected chi connectivity index (χ1v) is 7.67. The van der Waals surface area contributed by atoms with Gasteiger partial charge in [-0.05, 0) is 30.7 Å². The summed E-state index contributed by atoms with van der Waals surface area (Å²) >= 11 is 0. The molecule has 0 heterocycles. The normalized spacial score (nSPS) is 17.1. The number of carboxylic acids is 1. The number of aliphatic hydroxyl groups is 1. The van der Waals surface area contributed by atoms with Crippen molar-refractivity contribution in [1.29, 1.82) is 0 Å². The number of benzene rings is 1. The fraction of sp³-hybridized carbons (Fsp3) is 0.562. The summed E-state index contributed by atoms with van der Waals surface area (Å²) in [6.07, 6.45) is 4.17. The summed E-state index contributed by atoms with van der Waals surface area (Å²) in [4.78, 5) is 21.5. The van der Waals surface area contributed by atoms with Gasteiger partial charge in [-0.15, -0.1) is 0 Å². The van der Waals surface area contributed by atoms with Crippen LogP contribution in [0.3, 0.4) is 0 Å². The zero-order valence-electron chi connectivity index (χ0n) is 12.4. The third kappa shape index (κ3) is 4.04. The number of carboxylic acid groups (broad SMARTS) is 1. The van der Waals surface area contributed by atoms with Crippen LogP contribution in [0.25, 0.3) is 0 Å². The number of nitro benzene ring substituents is 1. The minimum Gasteiger partial charge on any atom is -0.481 e. The van der Waals surface area contributed by atoms with Gasteiger partial charge in [0.25, 0.3) is 5.69 Å². The van der Waals surface area contributed by atoms with E-state index in [1.54, 1.807) is 12.1 Å². The first kappa shape index (κ1) is 16.4. The molecule has 2 rings (SSSR count). The molecule has 22 heavy (non-hydrogen) atoms. The Kier molecular flexibility index (Phi) is 5.49. The number of hydrogen-bond acceptors (Lipinski definition) is 4. The van der Waals surface area contributed by atoms with E-state index in [-0.39, 0.29) is 24.4 Å². The Balaban J connectivity index is 2.22. The average Bonchev–Trinajstić information content (AvgIpc) is 2.52. The van der Waals surface area contributed by atoms with Gasteiger partial charge in [0.05, 0.1) is 11.0 Å². The van der Waals surface area contributed by atoms with Crippen molar-refractivity contribution >= 4 is 11.7 Å². The zero-order chi connectivity index (χ0) is 16.1. The van der Waals surface area contributed by atoms with E-state index < -0.39 is 17.0 Å². The summed E-state index contributed by atoms with van der Waals surface area (Å²) in [6, 6.07) is 4.81. The smallest absolute Gasteiger partial charge is 0.303 e. The number of hydrogen-bond donors (Lipinski definition) is 2. The van der Waals surface area contributed by atoms with Crippen LogP contribution in [0.5, 0.6) is 0 Å². The van der Waals surface area contributed by atoms with Crippen LogP contribution in [0.2, 0.25) is 0 Å². The minimum atomic E-state index is -0.993. The first-order chi connectivity index (χ1) is 10.5. The highest BCUT2D eigenvalue weighted by atomic mass is 16.6. The summed E-state index contributed by atoms with van der Waals surface area (Å²) in [7, 11) is 0. The van der Waals surface area contributed by atoms with E-state index in [0.29, 0.717) is 5.56 Å². The topological polar surface area (TPSA) is 101 Å². The standard InChI is InChI=1S/C16H21NO5/c18-15(8-9-16(19)20)12-6-7-13(14(10-12)17(21)22)11-4-2-1-3-5-11/h6-7,10-11,15,18H,1-5,8-9H2,(H,19,20). The van der Waals surface area contributed by atoms with E-state index >= 15 is 0 Å². The Labute approximate surface area is 128 Å². The fourth-order valence-electron chi connectivity index (χ4n) is 3.11. The minimum absolute atomic E-state index is 0.0405. The molecule has 1 aliphatic carbocycles. The van der Waals surface area contributed by atoms with E-state index in [2.05, 4.69) is 0 Å². The summed E-state index contributed by atoms with van der Waals surface area (Å²) in [5, 5.41) is 30.0. The highest BCUT2D eigenvalue weighted by Crippen LogP contribution is 2.38. The monoisotopic (exact) mass is 307 g/mol. The van der Waals surface area contributed by atoms with Gasteiger partial charge < -0.3 is 10.2 Å². The van der Waals surface area contributed by atoms with Gasteiger partial charge in [-0.3, -0.25) is 14.9 Å². The van der Waals surface area contributed by atoms with Gasteiger partial charge >= 0.3 is 5.97 Å². The molecular weight excluding hydrogens is 286 g/mol. The van der Waals surface area contributed by atoms with E-state index in [1.165, 1.54) is 12.5 Å². The van der Waals surface area contributed by atoms with Crippen LogP contribution in [0, 0.1) is 10.1 Å². The molecule has 1 atom stereocenters. The average molecular weight is 307 g/mol. The largest absolute Gasteiger partial charge is 0.481 e. The number of rotatable bonds is 6. The molecule has 1 aromatic rings. The number of nitro groups is 1. The van der Waals surface area contributed by atoms with Gasteiger partial charge in [-0.1, -0.05) is 31.4 Å². The maximum absolute atomic E-state index is 11.3. The van der Waals surface area contributed by atoms with Gasteiger partial charge in [-0.2, -0.15) is 0 Å². The van der Waals surface area contributed by atoms with E-state index in [9.17, 15) is 20.0 Å². The molecule has 1 fully saturated rings. The van der Waals surface area contributed by atoms with E-state index in [4.69, 9.17) is 5.11 Å². The van der Waals surface area contributed by atoms with Crippen LogP contribution in [-0.2, 0) is 4.79 Å². The zero-order valence-corrected chi connectivity index (χ0v) is 12.4. The number of nitrogens with zero attached hydrogens (tertiary/aromatic N) is 1. The number of aliphatic carboxylic acids is 1. The third-order valence-electron chi connectivity index (χ3n) is 4.31. The maximum atomic E-state index is 11.3. The molecule has 0 aliphatic heterocycles. The van der Waals surface area contributed by atoms with Crippen molar-refractivity contribution in [3.63, 3.8) is 0 Å². The molecular formula is C16H21NO5. The molecule has 1 unspecified atom stereocenters. The molecule has 0 aromatic heterocycles. The quantitative estimate of drug-likeness (QED) is 0.618.